The molecule has 0 amide bonds. The third-order valence-electron chi connectivity index (χ3n) is 4.58. The van der Waals surface area contributed by atoms with E-state index in [1.807, 2.05) is 17.8 Å². The second-order valence-electron chi connectivity index (χ2n) is 5.89. The molecular weight excluding hydrogens is 274 g/mol. The van der Waals surface area contributed by atoms with Crippen LogP contribution in [0, 0.1) is 0 Å². The van der Waals surface area contributed by atoms with Gasteiger partial charge in [0.05, 0.1) is 0 Å². The van der Waals surface area contributed by atoms with Gasteiger partial charge in [-0.2, -0.15) is 11.8 Å². The molecule has 1 unspecified atom stereocenters. The first kappa shape index (κ1) is 13.8. The van der Waals surface area contributed by atoms with Crippen LogP contribution in [-0.2, 0) is 12.8 Å². The third-order valence-corrected chi connectivity index (χ3v) is 5.95. The zero-order valence-corrected chi connectivity index (χ0v) is 13.1. The average molecular weight is 296 g/mol. The van der Waals surface area contributed by atoms with Gasteiger partial charge in [-0.05, 0) is 68.0 Å². The summed E-state index contributed by atoms with van der Waals surface area (Å²) in [5.41, 5.74) is 2.93. The van der Waals surface area contributed by atoms with E-state index in [0.717, 1.165) is 22.7 Å². The molecule has 1 N–H and O–H groups in total. The van der Waals surface area contributed by atoms with Gasteiger partial charge in [0.1, 0.15) is 0 Å². The summed E-state index contributed by atoms with van der Waals surface area (Å²) < 4.78 is 0. The number of halogens is 1. The Labute approximate surface area is 125 Å². The number of rotatable bonds is 3. The Morgan fingerprint density at radius 3 is 2.53 bits per heavy atom. The van der Waals surface area contributed by atoms with Gasteiger partial charge in [-0.25, -0.2) is 0 Å². The lowest BCUT2D eigenvalue weighted by Gasteiger charge is -2.30. The van der Waals surface area contributed by atoms with Gasteiger partial charge >= 0.3 is 0 Å². The lowest BCUT2D eigenvalue weighted by Crippen LogP contribution is -2.41. The lowest BCUT2D eigenvalue weighted by molar-refractivity contribution is 0.344. The number of hydrogen-bond donors (Lipinski definition) is 1. The van der Waals surface area contributed by atoms with Crippen LogP contribution in [0.15, 0.2) is 18.2 Å². The zero-order chi connectivity index (χ0) is 13.2. The Kier molecular flexibility index (Phi) is 4.40. The molecule has 0 radical (unpaired) electrons. The molecule has 1 nitrogen and oxygen atoms in total. The molecule has 3 rings (SSSR count). The third kappa shape index (κ3) is 3.29. The molecule has 0 saturated heterocycles. The van der Waals surface area contributed by atoms with E-state index in [1.54, 1.807) is 0 Å². The molecule has 19 heavy (non-hydrogen) atoms. The van der Waals surface area contributed by atoms with Crippen LogP contribution in [-0.4, -0.2) is 23.6 Å². The maximum atomic E-state index is 6.07. The fourth-order valence-electron chi connectivity index (χ4n) is 3.50. The van der Waals surface area contributed by atoms with Gasteiger partial charge in [0, 0.05) is 22.4 Å². The van der Waals surface area contributed by atoms with E-state index in [-0.39, 0.29) is 0 Å². The molecule has 1 atom stereocenters. The van der Waals surface area contributed by atoms with Crippen LogP contribution >= 0.6 is 23.4 Å². The standard InChI is InChI=1S/C16H22ClNS/c1-19-16-6-4-14(5-7-16)18-15-9-11-2-3-13(17)8-12(11)10-15/h2-3,8,14-16,18H,4-7,9-10H2,1H3. The summed E-state index contributed by atoms with van der Waals surface area (Å²) in [5.74, 6) is 0. The summed E-state index contributed by atoms with van der Waals surface area (Å²) in [6.45, 7) is 0. The Morgan fingerprint density at radius 2 is 1.79 bits per heavy atom. The van der Waals surface area contributed by atoms with Gasteiger partial charge in [-0.3, -0.25) is 0 Å². The second-order valence-corrected chi connectivity index (χ2v) is 7.47. The van der Waals surface area contributed by atoms with Crippen molar-refractivity contribution >= 4 is 23.4 Å². The molecule has 1 aromatic carbocycles. The van der Waals surface area contributed by atoms with Gasteiger partial charge in [-0.15, -0.1) is 0 Å². The van der Waals surface area contributed by atoms with E-state index in [1.165, 1.54) is 43.2 Å². The first-order valence-corrected chi connectivity index (χ1v) is 8.97. The van der Waals surface area contributed by atoms with Crippen molar-refractivity contribution in [3.8, 4) is 0 Å². The minimum Gasteiger partial charge on any atom is -0.311 e. The largest absolute Gasteiger partial charge is 0.311 e. The normalized spacial score (nSPS) is 30.3. The zero-order valence-electron chi connectivity index (χ0n) is 11.5. The van der Waals surface area contributed by atoms with Crippen molar-refractivity contribution in [2.75, 3.05) is 6.26 Å². The number of thioether (sulfide) groups is 1. The van der Waals surface area contributed by atoms with Gasteiger partial charge in [0.15, 0.2) is 0 Å². The highest BCUT2D eigenvalue weighted by molar-refractivity contribution is 7.99. The van der Waals surface area contributed by atoms with Crippen molar-refractivity contribution in [1.82, 2.24) is 5.32 Å². The highest BCUT2D eigenvalue weighted by Gasteiger charge is 2.26. The molecule has 2 aliphatic carbocycles. The van der Waals surface area contributed by atoms with Gasteiger partial charge < -0.3 is 5.32 Å². The molecule has 1 saturated carbocycles. The highest BCUT2D eigenvalue weighted by atomic mass is 35.5. The van der Waals surface area contributed by atoms with Crippen LogP contribution in [0.5, 0.6) is 0 Å². The summed E-state index contributed by atoms with van der Waals surface area (Å²) in [6, 6.07) is 7.72. The van der Waals surface area contributed by atoms with E-state index in [9.17, 15) is 0 Å². The average Bonchev–Trinajstić information content (AvgIpc) is 2.81. The summed E-state index contributed by atoms with van der Waals surface area (Å²) >= 11 is 8.11. The van der Waals surface area contributed by atoms with Crippen LogP contribution in [0.1, 0.15) is 36.8 Å². The van der Waals surface area contributed by atoms with Crippen LogP contribution in [0.4, 0.5) is 0 Å². The summed E-state index contributed by atoms with van der Waals surface area (Å²) in [6.07, 6.45) is 10.0. The number of nitrogens with one attached hydrogen (secondary N) is 1. The first-order chi connectivity index (χ1) is 9.24. The predicted octanol–water partition coefficient (Wildman–Crippen LogP) is 4.07. The molecule has 1 fully saturated rings. The molecule has 2 aliphatic rings. The fraction of sp³-hybridized carbons (Fsp3) is 0.625. The fourth-order valence-corrected chi connectivity index (χ4v) is 4.44. The summed E-state index contributed by atoms with van der Waals surface area (Å²) in [7, 11) is 0. The van der Waals surface area contributed by atoms with Crippen molar-refractivity contribution in [2.45, 2.75) is 55.9 Å². The first-order valence-electron chi connectivity index (χ1n) is 7.30. The SMILES string of the molecule is CSC1CCC(NC2Cc3ccc(Cl)cc3C2)CC1. The molecule has 0 aliphatic heterocycles. The molecule has 0 bridgehead atoms. The van der Waals surface area contributed by atoms with Crippen molar-refractivity contribution in [2.24, 2.45) is 0 Å². The van der Waals surface area contributed by atoms with Crippen LogP contribution in [0.25, 0.3) is 0 Å². The Hall–Kier alpha value is -0.180. The van der Waals surface area contributed by atoms with Crippen molar-refractivity contribution < 1.29 is 0 Å². The van der Waals surface area contributed by atoms with Crippen molar-refractivity contribution in [1.29, 1.82) is 0 Å². The minimum atomic E-state index is 0.629. The highest BCUT2D eigenvalue weighted by Crippen LogP contribution is 2.29. The molecule has 1 aromatic rings. The predicted molar refractivity (Wildman–Crippen MR) is 85.3 cm³/mol. The van der Waals surface area contributed by atoms with E-state index in [0.29, 0.717) is 6.04 Å². The van der Waals surface area contributed by atoms with E-state index in [2.05, 4.69) is 23.7 Å². The second kappa shape index (κ2) is 6.07. The quantitative estimate of drug-likeness (QED) is 0.902. The van der Waals surface area contributed by atoms with Crippen molar-refractivity contribution in [3.63, 3.8) is 0 Å². The van der Waals surface area contributed by atoms with Gasteiger partial charge in [0.25, 0.3) is 0 Å². The topological polar surface area (TPSA) is 12.0 Å². The lowest BCUT2D eigenvalue weighted by atomic mass is 9.94. The van der Waals surface area contributed by atoms with Crippen LogP contribution < -0.4 is 5.32 Å². The van der Waals surface area contributed by atoms with E-state index >= 15 is 0 Å². The number of hydrogen-bond acceptors (Lipinski definition) is 2. The molecule has 3 heteroatoms. The van der Waals surface area contributed by atoms with E-state index < -0.39 is 0 Å². The molecule has 0 spiro atoms. The van der Waals surface area contributed by atoms with Crippen molar-refractivity contribution in [3.05, 3.63) is 34.3 Å². The van der Waals surface area contributed by atoms with Crippen LogP contribution in [0.3, 0.4) is 0 Å². The Balaban J connectivity index is 1.53. The number of benzene rings is 1. The maximum Gasteiger partial charge on any atom is 0.0408 e. The van der Waals surface area contributed by atoms with E-state index in [4.69, 9.17) is 11.6 Å². The van der Waals surface area contributed by atoms with Gasteiger partial charge in [0.2, 0.25) is 0 Å². The monoisotopic (exact) mass is 295 g/mol. The number of fused-ring (bicyclic) bond motifs is 1. The summed E-state index contributed by atoms with van der Waals surface area (Å²) in [5, 5.41) is 5.65. The molecule has 104 valence electrons. The minimum absolute atomic E-state index is 0.629. The summed E-state index contributed by atoms with van der Waals surface area (Å²) in [4.78, 5) is 0. The Morgan fingerprint density at radius 1 is 1.05 bits per heavy atom. The molecular formula is C16H22ClNS. The Bertz CT molecular complexity index is 440. The molecule has 0 aromatic heterocycles. The van der Waals surface area contributed by atoms with Crippen LogP contribution in [0.2, 0.25) is 5.02 Å². The smallest absolute Gasteiger partial charge is 0.0408 e. The van der Waals surface area contributed by atoms with Gasteiger partial charge in [-0.1, -0.05) is 17.7 Å². The molecule has 0 heterocycles. The maximum absolute atomic E-state index is 6.07.